The van der Waals surface area contributed by atoms with Crippen molar-refractivity contribution >= 4 is 41.1 Å². The molecule has 7 heteroatoms. The molecule has 1 N–H and O–H groups in total. The number of furan rings is 1. The maximum atomic E-state index is 13.2. The highest BCUT2D eigenvalue weighted by atomic mass is 35.5. The van der Waals surface area contributed by atoms with Crippen molar-refractivity contribution in [1.29, 1.82) is 0 Å². The van der Waals surface area contributed by atoms with Gasteiger partial charge in [-0.1, -0.05) is 41.4 Å². The summed E-state index contributed by atoms with van der Waals surface area (Å²) < 4.78 is 5.92. The predicted molar refractivity (Wildman–Crippen MR) is 126 cm³/mol. The van der Waals surface area contributed by atoms with Crippen molar-refractivity contribution in [3.8, 4) is 11.3 Å². The molecule has 2 heterocycles. The molecule has 1 aliphatic heterocycles. The number of amides is 2. The number of hydrogen-bond donors (Lipinski definition) is 1. The molecule has 0 atom stereocenters. The van der Waals surface area contributed by atoms with Crippen LogP contribution in [-0.2, 0) is 4.79 Å². The topological polar surface area (TPSA) is 62.6 Å². The Morgan fingerprint density at radius 2 is 1.69 bits per heavy atom. The third-order valence-corrected chi connectivity index (χ3v) is 5.82. The Balaban J connectivity index is 1.63. The zero-order valence-corrected chi connectivity index (χ0v) is 18.8. The van der Waals surface area contributed by atoms with E-state index >= 15 is 0 Å². The number of benzene rings is 2. The van der Waals surface area contributed by atoms with Gasteiger partial charge in [0.15, 0.2) is 0 Å². The molecule has 0 unspecified atom stereocenters. The lowest BCUT2D eigenvalue weighted by Gasteiger charge is -2.27. The van der Waals surface area contributed by atoms with Gasteiger partial charge in [0.05, 0.1) is 5.02 Å². The van der Waals surface area contributed by atoms with Crippen molar-refractivity contribution in [1.82, 2.24) is 10.2 Å². The number of carbonyl (C=O) groups is 2. The lowest BCUT2D eigenvalue weighted by Crippen LogP contribution is -2.41. The molecular weight excluding hydrogens is 447 g/mol. The molecule has 0 aliphatic carbocycles. The predicted octanol–water partition coefficient (Wildman–Crippen LogP) is 6.04. The van der Waals surface area contributed by atoms with Crippen molar-refractivity contribution in [2.45, 2.75) is 19.3 Å². The average Bonchev–Trinajstić information content (AvgIpc) is 3.27. The van der Waals surface area contributed by atoms with Gasteiger partial charge < -0.3 is 14.6 Å². The van der Waals surface area contributed by atoms with Crippen LogP contribution < -0.4 is 5.32 Å². The highest BCUT2D eigenvalue weighted by Gasteiger charge is 2.23. The molecule has 5 nitrogen and oxygen atoms in total. The third-order valence-electron chi connectivity index (χ3n) is 5.27. The van der Waals surface area contributed by atoms with Crippen LogP contribution in [0.2, 0.25) is 10.0 Å². The number of halogens is 2. The van der Waals surface area contributed by atoms with Crippen molar-refractivity contribution < 1.29 is 14.0 Å². The second kappa shape index (κ2) is 10.1. The van der Waals surface area contributed by atoms with Gasteiger partial charge in [0, 0.05) is 35.3 Å². The van der Waals surface area contributed by atoms with E-state index in [9.17, 15) is 9.59 Å². The van der Waals surface area contributed by atoms with E-state index in [1.165, 1.54) is 0 Å². The van der Waals surface area contributed by atoms with E-state index in [2.05, 4.69) is 5.32 Å². The monoisotopic (exact) mass is 468 g/mol. The molecule has 2 amide bonds. The second-order valence-electron chi connectivity index (χ2n) is 7.56. The molecule has 1 saturated heterocycles. The first-order chi connectivity index (χ1) is 15.5. The second-order valence-corrected chi connectivity index (χ2v) is 8.40. The van der Waals surface area contributed by atoms with E-state index in [1.54, 1.807) is 65.6 Å². The summed E-state index contributed by atoms with van der Waals surface area (Å²) in [7, 11) is 0. The highest BCUT2D eigenvalue weighted by molar-refractivity contribution is 6.36. The van der Waals surface area contributed by atoms with Gasteiger partial charge >= 0.3 is 0 Å². The van der Waals surface area contributed by atoms with Crippen LogP contribution >= 0.6 is 23.2 Å². The minimum Gasteiger partial charge on any atom is -0.457 e. The smallest absolute Gasteiger partial charge is 0.270 e. The first-order valence-electron chi connectivity index (χ1n) is 10.4. The maximum absolute atomic E-state index is 13.2. The number of hydrogen-bond acceptors (Lipinski definition) is 3. The molecule has 1 aliphatic rings. The Kier molecular flexibility index (Phi) is 6.98. The van der Waals surface area contributed by atoms with Crippen LogP contribution in [0.3, 0.4) is 0 Å². The first-order valence-corrected chi connectivity index (χ1v) is 11.2. The lowest BCUT2D eigenvalue weighted by molar-refractivity contribution is -0.128. The first kappa shape index (κ1) is 22.2. The quantitative estimate of drug-likeness (QED) is 0.464. The van der Waals surface area contributed by atoms with E-state index in [0.29, 0.717) is 45.8 Å². The Hall–Kier alpha value is -3.02. The number of carbonyl (C=O) groups excluding carboxylic acids is 2. The lowest BCUT2D eigenvalue weighted by atomic mass is 10.1. The number of rotatable bonds is 5. The van der Waals surface area contributed by atoms with Crippen LogP contribution in [0.4, 0.5) is 0 Å². The zero-order chi connectivity index (χ0) is 22.5. The Bertz CT molecular complexity index is 1150. The largest absolute Gasteiger partial charge is 0.457 e. The van der Waals surface area contributed by atoms with Gasteiger partial charge in [0.25, 0.3) is 11.8 Å². The van der Waals surface area contributed by atoms with Crippen molar-refractivity contribution in [3.05, 3.63) is 87.7 Å². The van der Waals surface area contributed by atoms with Crippen LogP contribution in [0, 0.1) is 0 Å². The molecule has 0 bridgehead atoms. The molecule has 2 aromatic carbocycles. The molecular formula is C25H22Cl2N2O3. The van der Waals surface area contributed by atoms with Crippen molar-refractivity contribution in [2.24, 2.45) is 0 Å². The maximum Gasteiger partial charge on any atom is 0.270 e. The van der Waals surface area contributed by atoms with Gasteiger partial charge in [-0.05, 0) is 61.7 Å². The molecule has 4 rings (SSSR count). The summed E-state index contributed by atoms with van der Waals surface area (Å²) in [6, 6.07) is 17.4. The van der Waals surface area contributed by atoms with Gasteiger partial charge in [-0.15, -0.1) is 0 Å². The molecule has 0 radical (unpaired) electrons. The fourth-order valence-electron chi connectivity index (χ4n) is 3.61. The summed E-state index contributed by atoms with van der Waals surface area (Å²) in [5.74, 6) is 0.392. The van der Waals surface area contributed by atoms with E-state index in [-0.39, 0.29) is 17.5 Å². The molecule has 3 aromatic rings. The summed E-state index contributed by atoms with van der Waals surface area (Å²) in [4.78, 5) is 27.7. The third kappa shape index (κ3) is 5.23. The van der Waals surface area contributed by atoms with E-state index in [0.717, 1.165) is 19.3 Å². The molecule has 1 aromatic heterocycles. The van der Waals surface area contributed by atoms with Gasteiger partial charge in [0.1, 0.15) is 17.2 Å². The van der Waals surface area contributed by atoms with Gasteiger partial charge in [-0.3, -0.25) is 9.59 Å². The molecule has 0 saturated carbocycles. The van der Waals surface area contributed by atoms with Gasteiger partial charge in [-0.2, -0.15) is 0 Å². The van der Waals surface area contributed by atoms with Crippen LogP contribution in [0.25, 0.3) is 17.4 Å². The highest BCUT2D eigenvalue weighted by Crippen LogP contribution is 2.32. The van der Waals surface area contributed by atoms with Crippen LogP contribution in [0.15, 0.2) is 70.8 Å². The van der Waals surface area contributed by atoms with Crippen LogP contribution in [-0.4, -0.2) is 29.8 Å². The summed E-state index contributed by atoms with van der Waals surface area (Å²) >= 11 is 12.3. The van der Waals surface area contributed by atoms with Gasteiger partial charge in [-0.25, -0.2) is 0 Å². The van der Waals surface area contributed by atoms with E-state index in [4.69, 9.17) is 27.6 Å². The fourth-order valence-corrected chi connectivity index (χ4v) is 4.11. The summed E-state index contributed by atoms with van der Waals surface area (Å²) in [6.07, 6.45) is 4.56. The molecule has 164 valence electrons. The number of nitrogens with one attached hydrogen (secondary N) is 1. The SMILES string of the molecule is O=C(N/C(=C/c1ccc(-c2ccc(Cl)cc2Cl)o1)C(=O)N1CCCCC1)c1ccccc1. The zero-order valence-electron chi connectivity index (χ0n) is 17.3. The average molecular weight is 469 g/mol. The Morgan fingerprint density at radius 1 is 0.938 bits per heavy atom. The Morgan fingerprint density at radius 3 is 2.41 bits per heavy atom. The number of piperidine rings is 1. The fraction of sp³-hybridized carbons (Fsp3) is 0.200. The van der Waals surface area contributed by atoms with Crippen molar-refractivity contribution in [3.63, 3.8) is 0 Å². The van der Waals surface area contributed by atoms with Crippen LogP contribution in [0.1, 0.15) is 35.4 Å². The standard InChI is InChI=1S/C25H22Cl2N2O3/c26-18-9-11-20(21(27)15-18)23-12-10-19(32-23)16-22(25(31)29-13-5-2-6-14-29)28-24(30)17-7-3-1-4-8-17/h1,3-4,7-12,15-16H,2,5-6,13-14H2,(H,28,30)/b22-16+. The van der Waals surface area contributed by atoms with E-state index in [1.807, 2.05) is 6.07 Å². The summed E-state index contributed by atoms with van der Waals surface area (Å²) in [5, 5.41) is 3.77. The molecule has 32 heavy (non-hydrogen) atoms. The minimum absolute atomic E-state index is 0.170. The van der Waals surface area contributed by atoms with Crippen molar-refractivity contribution in [2.75, 3.05) is 13.1 Å². The summed E-state index contributed by atoms with van der Waals surface area (Å²) in [6.45, 7) is 1.34. The Labute approximate surface area is 196 Å². The minimum atomic E-state index is -0.352. The molecule has 1 fully saturated rings. The van der Waals surface area contributed by atoms with Crippen LogP contribution in [0.5, 0.6) is 0 Å². The van der Waals surface area contributed by atoms with E-state index < -0.39 is 0 Å². The summed E-state index contributed by atoms with van der Waals surface area (Å²) in [5.41, 5.74) is 1.33. The normalized spacial score (nSPS) is 14.3. The number of nitrogens with zero attached hydrogens (tertiary/aromatic N) is 1. The molecule has 0 spiro atoms. The van der Waals surface area contributed by atoms with Gasteiger partial charge in [0.2, 0.25) is 0 Å². The number of likely N-dealkylation sites (tertiary alicyclic amines) is 1.